The van der Waals surface area contributed by atoms with E-state index in [2.05, 4.69) is 5.32 Å². The molecule has 1 aliphatic rings. The number of nitro groups is 1. The Morgan fingerprint density at radius 2 is 1.85 bits per heavy atom. The van der Waals surface area contributed by atoms with Gasteiger partial charge >= 0.3 is 12.1 Å². The van der Waals surface area contributed by atoms with Crippen molar-refractivity contribution in [2.75, 3.05) is 23.4 Å². The fourth-order valence-electron chi connectivity index (χ4n) is 3.23. The van der Waals surface area contributed by atoms with Crippen LogP contribution in [0, 0.1) is 10.1 Å². The first-order valence-corrected chi connectivity index (χ1v) is 9.75. The Hall–Kier alpha value is -3.96. The second-order valence-electron chi connectivity index (χ2n) is 7.19. The minimum absolute atomic E-state index is 0.0291. The van der Waals surface area contributed by atoms with Crippen LogP contribution in [-0.4, -0.2) is 35.9 Å². The second-order valence-corrected chi connectivity index (χ2v) is 7.19. The van der Waals surface area contributed by atoms with Gasteiger partial charge in [-0.05, 0) is 36.2 Å². The van der Waals surface area contributed by atoms with Gasteiger partial charge in [0, 0.05) is 24.7 Å². The second kappa shape index (κ2) is 9.67. The van der Waals surface area contributed by atoms with E-state index in [4.69, 9.17) is 4.74 Å². The Kier molecular flexibility index (Phi) is 6.95. The summed E-state index contributed by atoms with van der Waals surface area (Å²) in [7, 11) is 0. The van der Waals surface area contributed by atoms with Gasteiger partial charge in [-0.15, -0.1) is 0 Å². The summed E-state index contributed by atoms with van der Waals surface area (Å²) in [6.07, 6.45) is -3.68. The number of ether oxygens (including phenoxy) is 1. The van der Waals surface area contributed by atoms with Crippen molar-refractivity contribution in [2.45, 2.75) is 25.4 Å². The lowest BCUT2D eigenvalue weighted by Crippen LogP contribution is -2.23. The predicted octanol–water partition coefficient (Wildman–Crippen LogP) is 3.46. The molecular weight excluding hydrogens is 447 g/mol. The molecule has 9 nitrogen and oxygen atoms in total. The summed E-state index contributed by atoms with van der Waals surface area (Å²) >= 11 is 0. The van der Waals surface area contributed by atoms with Crippen molar-refractivity contribution < 1.29 is 37.2 Å². The summed E-state index contributed by atoms with van der Waals surface area (Å²) in [5.41, 5.74) is -1.35. The zero-order valence-corrected chi connectivity index (χ0v) is 17.1. The van der Waals surface area contributed by atoms with Crippen molar-refractivity contribution in [3.8, 4) is 0 Å². The molecule has 0 bridgehead atoms. The molecule has 1 fully saturated rings. The number of hydrogen-bond donors (Lipinski definition) is 1. The number of esters is 1. The highest BCUT2D eigenvalue weighted by Gasteiger charge is 2.33. The van der Waals surface area contributed by atoms with Crippen LogP contribution in [0.4, 0.5) is 30.2 Å². The highest BCUT2D eigenvalue weighted by Crippen LogP contribution is 2.35. The summed E-state index contributed by atoms with van der Waals surface area (Å²) in [5, 5.41) is 13.1. The molecule has 2 amide bonds. The average Bonchev–Trinajstić information content (AvgIpc) is 3.18. The quantitative estimate of drug-likeness (QED) is 0.380. The zero-order chi connectivity index (χ0) is 24.2. The maximum atomic E-state index is 12.7. The van der Waals surface area contributed by atoms with Gasteiger partial charge in [0.15, 0.2) is 6.61 Å². The van der Waals surface area contributed by atoms with E-state index in [0.29, 0.717) is 36.3 Å². The topological polar surface area (TPSA) is 119 Å². The maximum absolute atomic E-state index is 12.7. The van der Waals surface area contributed by atoms with Gasteiger partial charge in [0.05, 0.1) is 16.9 Å². The smallest absolute Gasteiger partial charge is 0.416 e. The highest BCUT2D eigenvalue weighted by atomic mass is 19.4. The van der Waals surface area contributed by atoms with Crippen LogP contribution in [0.25, 0.3) is 0 Å². The summed E-state index contributed by atoms with van der Waals surface area (Å²) in [4.78, 5) is 47.4. The first-order valence-electron chi connectivity index (χ1n) is 9.75. The van der Waals surface area contributed by atoms with Gasteiger partial charge < -0.3 is 15.0 Å². The summed E-state index contributed by atoms with van der Waals surface area (Å²) in [6, 6.07) is 8.34. The third-order valence-corrected chi connectivity index (χ3v) is 4.83. The van der Waals surface area contributed by atoms with Crippen molar-refractivity contribution in [3.63, 3.8) is 0 Å². The lowest BCUT2D eigenvalue weighted by Gasteiger charge is -2.15. The van der Waals surface area contributed by atoms with Crippen LogP contribution in [0.15, 0.2) is 42.5 Å². The van der Waals surface area contributed by atoms with Gasteiger partial charge in [0.1, 0.15) is 5.69 Å². The van der Waals surface area contributed by atoms with Crippen molar-refractivity contribution in [1.29, 1.82) is 0 Å². The number of benzene rings is 2. The average molecular weight is 465 g/mol. The monoisotopic (exact) mass is 465 g/mol. The molecule has 0 spiro atoms. The molecule has 0 aromatic heterocycles. The van der Waals surface area contributed by atoms with Crippen molar-refractivity contribution >= 4 is 34.8 Å². The predicted molar refractivity (Wildman–Crippen MR) is 109 cm³/mol. The molecule has 3 rings (SSSR count). The molecule has 174 valence electrons. The first kappa shape index (κ1) is 23.7. The van der Waals surface area contributed by atoms with Crippen molar-refractivity contribution in [3.05, 3.63) is 63.7 Å². The van der Waals surface area contributed by atoms with Crippen LogP contribution < -0.4 is 10.2 Å². The number of nitrogens with zero attached hydrogens (tertiary/aromatic N) is 2. The van der Waals surface area contributed by atoms with Gasteiger partial charge in [-0.3, -0.25) is 24.5 Å². The van der Waals surface area contributed by atoms with Crippen LogP contribution >= 0.6 is 0 Å². The standard InChI is InChI=1S/C21H18F3N3O6/c22-21(23,24)14-5-8-16(17(11-14)27(31)32)25-18(28)12-33-20(30)10-13-3-6-15(7-4-13)26-9-1-2-19(26)29/h3-8,11H,1-2,9-10,12H2,(H,25,28). The molecule has 0 atom stereocenters. The van der Waals surface area contributed by atoms with Crippen LogP contribution in [0.3, 0.4) is 0 Å². The number of hydrogen-bond acceptors (Lipinski definition) is 6. The normalized spacial score (nSPS) is 13.7. The van der Waals surface area contributed by atoms with Crippen LogP contribution in [0.5, 0.6) is 0 Å². The Bertz CT molecular complexity index is 1090. The number of nitro benzene ring substituents is 1. The summed E-state index contributed by atoms with van der Waals surface area (Å²) < 4.78 is 43.1. The molecule has 33 heavy (non-hydrogen) atoms. The molecule has 0 aliphatic carbocycles. The van der Waals surface area contributed by atoms with E-state index < -0.39 is 46.5 Å². The number of nitrogens with one attached hydrogen (secondary N) is 1. The van der Waals surface area contributed by atoms with Crippen LogP contribution in [0.2, 0.25) is 0 Å². The number of amides is 2. The molecule has 2 aromatic rings. The number of rotatable bonds is 7. The molecular formula is C21H18F3N3O6. The fraction of sp³-hybridized carbons (Fsp3) is 0.286. The van der Waals surface area contributed by atoms with E-state index in [0.717, 1.165) is 12.5 Å². The fourth-order valence-corrected chi connectivity index (χ4v) is 3.23. The number of carbonyl (C=O) groups is 3. The molecule has 1 aliphatic heterocycles. The van der Waals surface area contributed by atoms with E-state index in [9.17, 15) is 37.7 Å². The van der Waals surface area contributed by atoms with E-state index in [1.54, 1.807) is 29.2 Å². The van der Waals surface area contributed by atoms with Crippen LogP contribution in [0.1, 0.15) is 24.0 Å². The first-order chi connectivity index (χ1) is 15.5. The Labute approximate surface area is 185 Å². The molecule has 0 radical (unpaired) electrons. The largest absolute Gasteiger partial charge is 0.455 e. The number of halogens is 3. The molecule has 1 heterocycles. The number of alkyl halides is 3. The summed E-state index contributed by atoms with van der Waals surface area (Å²) in [6.45, 7) is -0.149. The van der Waals surface area contributed by atoms with E-state index in [1.807, 2.05) is 0 Å². The SMILES string of the molecule is O=C(COC(=O)Cc1ccc(N2CCCC2=O)cc1)Nc1ccc(C(F)(F)F)cc1[N+](=O)[O-]. The minimum atomic E-state index is -4.79. The third-order valence-electron chi connectivity index (χ3n) is 4.83. The minimum Gasteiger partial charge on any atom is -0.455 e. The van der Waals surface area contributed by atoms with E-state index in [1.165, 1.54) is 0 Å². The number of carbonyl (C=O) groups excluding carboxylic acids is 3. The third kappa shape index (κ3) is 6.05. The summed E-state index contributed by atoms with van der Waals surface area (Å²) in [5.74, 6) is -1.67. The van der Waals surface area contributed by atoms with Crippen molar-refractivity contribution in [2.24, 2.45) is 0 Å². The lowest BCUT2D eigenvalue weighted by molar-refractivity contribution is -0.384. The maximum Gasteiger partial charge on any atom is 0.416 e. The molecule has 0 saturated carbocycles. The highest BCUT2D eigenvalue weighted by molar-refractivity contribution is 5.96. The van der Waals surface area contributed by atoms with Gasteiger partial charge in [-0.2, -0.15) is 13.2 Å². The van der Waals surface area contributed by atoms with Gasteiger partial charge in [0.2, 0.25) is 5.91 Å². The molecule has 2 aromatic carbocycles. The van der Waals surface area contributed by atoms with Gasteiger partial charge in [0.25, 0.3) is 11.6 Å². The molecule has 1 saturated heterocycles. The lowest BCUT2D eigenvalue weighted by atomic mass is 10.1. The number of anilines is 2. The van der Waals surface area contributed by atoms with E-state index in [-0.39, 0.29) is 12.3 Å². The van der Waals surface area contributed by atoms with Gasteiger partial charge in [-0.25, -0.2) is 0 Å². The van der Waals surface area contributed by atoms with Crippen molar-refractivity contribution in [1.82, 2.24) is 0 Å². The molecule has 12 heteroatoms. The molecule has 0 unspecified atom stereocenters. The Morgan fingerprint density at radius 3 is 2.42 bits per heavy atom. The van der Waals surface area contributed by atoms with E-state index >= 15 is 0 Å². The Balaban J connectivity index is 1.54. The molecule has 1 N–H and O–H groups in total. The zero-order valence-electron chi connectivity index (χ0n) is 17.1. The van der Waals surface area contributed by atoms with Crippen LogP contribution in [-0.2, 0) is 31.7 Å². The Morgan fingerprint density at radius 1 is 1.15 bits per heavy atom. The van der Waals surface area contributed by atoms with Gasteiger partial charge in [-0.1, -0.05) is 12.1 Å².